The maximum Gasteiger partial charge on any atom is 0.334 e. The first-order valence-corrected chi connectivity index (χ1v) is 12.5. The third-order valence-electron chi connectivity index (χ3n) is 6.60. The van der Waals surface area contributed by atoms with E-state index < -0.39 is 12.2 Å². The van der Waals surface area contributed by atoms with Crippen LogP contribution in [-0.4, -0.2) is 76.6 Å². The van der Waals surface area contributed by atoms with Crippen molar-refractivity contribution in [2.45, 2.75) is 77.5 Å². The average Bonchev–Trinajstić information content (AvgIpc) is 2.80. The van der Waals surface area contributed by atoms with Crippen molar-refractivity contribution >= 4 is 17.8 Å². The van der Waals surface area contributed by atoms with Gasteiger partial charge < -0.3 is 15.1 Å². The lowest BCUT2D eigenvalue weighted by Gasteiger charge is -2.54. The lowest BCUT2D eigenvalue weighted by Crippen LogP contribution is -2.75. The molecular formula is C25H38FN5O3. The highest BCUT2D eigenvalue weighted by atomic mass is 19.1. The summed E-state index contributed by atoms with van der Waals surface area (Å²) in [6, 6.07) is 5.07. The smallest absolute Gasteiger partial charge is 0.334 e. The van der Waals surface area contributed by atoms with Crippen LogP contribution in [0.4, 0.5) is 9.18 Å². The predicted molar refractivity (Wildman–Crippen MR) is 128 cm³/mol. The van der Waals surface area contributed by atoms with Crippen LogP contribution >= 0.6 is 0 Å². The van der Waals surface area contributed by atoms with E-state index in [4.69, 9.17) is 0 Å². The molecule has 2 aliphatic rings. The van der Waals surface area contributed by atoms with Crippen LogP contribution in [0.2, 0.25) is 0 Å². The number of carbonyl (C=O) groups excluding carboxylic acids is 3. The molecule has 2 atom stereocenters. The van der Waals surface area contributed by atoms with Crippen molar-refractivity contribution in [2.75, 3.05) is 26.7 Å². The van der Waals surface area contributed by atoms with Gasteiger partial charge >= 0.3 is 6.03 Å². The van der Waals surface area contributed by atoms with Gasteiger partial charge in [-0.15, -0.1) is 0 Å². The number of unbranched alkanes of at least 4 members (excludes halogenated alkanes) is 4. The normalized spacial score (nSPS) is 21.1. The first-order valence-electron chi connectivity index (χ1n) is 12.5. The molecule has 0 radical (unpaired) electrons. The van der Waals surface area contributed by atoms with E-state index in [0.29, 0.717) is 19.5 Å². The zero-order chi connectivity index (χ0) is 24.7. The number of fused-ring (bicyclic) bond motifs is 1. The molecule has 0 unspecified atom stereocenters. The zero-order valence-electron chi connectivity index (χ0n) is 20.6. The molecule has 0 bridgehead atoms. The van der Waals surface area contributed by atoms with Crippen molar-refractivity contribution in [3.63, 3.8) is 0 Å². The Hall–Kier alpha value is -2.68. The Labute approximate surface area is 202 Å². The molecule has 4 amide bonds. The fraction of sp³-hybridized carbons (Fsp3) is 0.640. The summed E-state index contributed by atoms with van der Waals surface area (Å²) in [7, 11) is 1.72. The molecule has 2 heterocycles. The fourth-order valence-electron chi connectivity index (χ4n) is 4.82. The summed E-state index contributed by atoms with van der Waals surface area (Å²) < 4.78 is 13.2. The summed E-state index contributed by atoms with van der Waals surface area (Å²) in [4.78, 5) is 43.0. The van der Waals surface area contributed by atoms with Gasteiger partial charge in [-0.25, -0.2) is 19.2 Å². The number of halogens is 1. The average molecular weight is 476 g/mol. The predicted octanol–water partition coefficient (Wildman–Crippen LogP) is 3.33. The molecule has 9 heteroatoms. The third kappa shape index (κ3) is 6.05. The maximum atomic E-state index is 13.3. The Morgan fingerprint density at radius 2 is 1.76 bits per heavy atom. The van der Waals surface area contributed by atoms with Crippen LogP contribution < -0.4 is 5.32 Å². The highest BCUT2D eigenvalue weighted by Crippen LogP contribution is 2.28. The second kappa shape index (κ2) is 12.1. The third-order valence-corrected chi connectivity index (χ3v) is 6.60. The van der Waals surface area contributed by atoms with Gasteiger partial charge in [-0.3, -0.25) is 9.59 Å². The van der Waals surface area contributed by atoms with Crippen LogP contribution in [-0.2, 0) is 16.1 Å². The van der Waals surface area contributed by atoms with Gasteiger partial charge in [-0.1, -0.05) is 58.1 Å². The Balaban J connectivity index is 1.75. The van der Waals surface area contributed by atoms with E-state index in [0.717, 1.165) is 37.7 Å². The van der Waals surface area contributed by atoms with Crippen molar-refractivity contribution < 1.29 is 18.8 Å². The minimum Gasteiger partial charge on any atom is -0.337 e. The van der Waals surface area contributed by atoms with Crippen LogP contribution in [0.3, 0.4) is 0 Å². The maximum absolute atomic E-state index is 13.3. The number of rotatable bonds is 10. The van der Waals surface area contributed by atoms with Gasteiger partial charge in [0.05, 0.1) is 13.1 Å². The number of hydrazine groups is 1. The standard InChI is InChI=1S/C25H38FN5O3/c1-4-6-7-8-9-15-29-17-22-30(21(10-5-2)24(29)33)23(32)18-28(3)31(22)25(34)27-16-19-11-13-20(26)14-12-19/h11-14,21-22H,4-10,15-18H2,1-3H3,(H,27,34)/t21-,22-/m0/s1. The molecule has 2 fully saturated rings. The van der Waals surface area contributed by atoms with Crippen LogP contribution in [0, 0.1) is 5.82 Å². The van der Waals surface area contributed by atoms with E-state index in [-0.39, 0.29) is 36.8 Å². The number of hydrogen-bond acceptors (Lipinski definition) is 4. The van der Waals surface area contributed by atoms with E-state index in [2.05, 4.69) is 12.2 Å². The van der Waals surface area contributed by atoms with Crippen LogP contribution in [0.15, 0.2) is 24.3 Å². The SMILES string of the molecule is CCCCCCCN1C[C@H]2N(C(=O)CN(C)N2C(=O)NCc2ccc(F)cc2)[C@@H](CCC)C1=O. The number of amides is 4. The Morgan fingerprint density at radius 1 is 1.06 bits per heavy atom. The molecule has 0 aromatic heterocycles. The summed E-state index contributed by atoms with van der Waals surface area (Å²) in [5.74, 6) is -0.480. The van der Waals surface area contributed by atoms with Gasteiger partial charge in [0.2, 0.25) is 11.8 Å². The van der Waals surface area contributed by atoms with Gasteiger partial charge in [0.1, 0.15) is 18.0 Å². The lowest BCUT2D eigenvalue weighted by molar-refractivity contribution is -0.187. The van der Waals surface area contributed by atoms with E-state index in [1.807, 2.05) is 11.8 Å². The summed E-state index contributed by atoms with van der Waals surface area (Å²) in [5.41, 5.74) is 0.777. The summed E-state index contributed by atoms with van der Waals surface area (Å²) in [5, 5.41) is 6.07. The molecule has 1 N–H and O–H groups in total. The molecule has 1 aromatic carbocycles. The Morgan fingerprint density at radius 3 is 2.44 bits per heavy atom. The van der Waals surface area contributed by atoms with E-state index in [1.165, 1.54) is 18.6 Å². The van der Waals surface area contributed by atoms with Gasteiger partial charge in [0.15, 0.2) is 0 Å². The van der Waals surface area contributed by atoms with Crippen LogP contribution in [0.5, 0.6) is 0 Å². The van der Waals surface area contributed by atoms with E-state index >= 15 is 0 Å². The van der Waals surface area contributed by atoms with Crippen molar-refractivity contribution in [1.82, 2.24) is 25.1 Å². The van der Waals surface area contributed by atoms with Crippen molar-refractivity contribution in [2.24, 2.45) is 0 Å². The molecule has 0 spiro atoms. The minimum atomic E-state index is -0.552. The number of piperazine rings is 1. The summed E-state index contributed by atoms with van der Waals surface area (Å²) in [6.45, 7) is 5.38. The highest BCUT2D eigenvalue weighted by Gasteiger charge is 2.50. The summed E-state index contributed by atoms with van der Waals surface area (Å²) >= 11 is 0. The molecule has 1 aromatic rings. The number of hydrogen-bond donors (Lipinski definition) is 1. The monoisotopic (exact) mass is 475 g/mol. The van der Waals surface area contributed by atoms with Crippen molar-refractivity contribution in [3.8, 4) is 0 Å². The first kappa shape index (κ1) is 25.9. The lowest BCUT2D eigenvalue weighted by atomic mass is 10.0. The number of benzene rings is 1. The van der Waals surface area contributed by atoms with Crippen molar-refractivity contribution in [1.29, 1.82) is 0 Å². The number of urea groups is 1. The van der Waals surface area contributed by atoms with Gasteiger partial charge in [-0.2, -0.15) is 0 Å². The van der Waals surface area contributed by atoms with E-state index in [9.17, 15) is 18.8 Å². The number of nitrogens with zero attached hydrogens (tertiary/aromatic N) is 4. The quantitative estimate of drug-likeness (QED) is 0.527. The zero-order valence-corrected chi connectivity index (χ0v) is 20.6. The Bertz CT molecular complexity index is 849. The number of nitrogens with one attached hydrogen (secondary N) is 1. The number of carbonyl (C=O) groups is 3. The molecule has 8 nitrogen and oxygen atoms in total. The second-order valence-electron chi connectivity index (χ2n) is 9.23. The minimum absolute atomic E-state index is 0.0156. The molecule has 0 saturated carbocycles. The van der Waals surface area contributed by atoms with Crippen LogP contribution in [0.1, 0.15) is 64.4 Å². The van der Waals surface area contributed by atoms with Gasteiger partial charge in [0.25, 0.3) is 0 Å². The second-order valence-corrected chi connectivity index (χ2v) is 9.23. The first-order chi connectivity index (χ1) is 16.4. The molecule has 34 heavy (non-hydrogen) atoms. The Kier molecular flexibility index (Phi) is 9.27. The topological polar surface area (TPSA) is 76.2 Å². The molecule has 3 rings (SSSR count). The van der Waals surface area contributed by atoms with Crippen molar-refractivity contribution in [3.05, 3.63) is 35.6 Å². The van der Waals surface area contributed by atoms with Gasteiger partial charge in [-0.05, 0) is 30.5 Å². The fourth-order valence-corrected chi connectivity index (χ4v) is 4.82. The van der Waals surface area contributed by atoms with Gasteiger partial charge in [0, 0.05) is 20.1 Å². The molecule has 0 aliphatic carbocycles. The largest absolute Gasteiger partial charge is 0.337 e. The summed E-state index contributed by atoms with van der Waals surface area (Å²) in [6.07, 6.45) is 6.25. The molecule has 188 valence electrons. The highest BCUT2D eigenvalue weighted by molar-refractivity contribution is 5.91. The van der Waals surface area contributed by atoms with Crippen LogP contribution in [0.25, 0.3) is 0 Å². The molecule has 2 saturated heterocycles. The molecule has 2 aliphatic heterocycles. The number of likely N-dealkylation sites (N-methyl/N-ethyl adjacent to an activating group) is 1. The molecular weight excluding hydrogens is 437 g/mol. The van der Waals surface area contributed by atoms with E-state index in [1.54, 1.807) is 34.1 Å².